The van der Waals surface area contributed by atoms with Crippen LogP contribution in [0.25, 0.3) is 11.2 Å². The quantitative estimate of drug-likeness (QED) is 0.467. The van der Waals surface area contributed by atoms with E-state index >= 15 is 0 Å². The Labute approximate surface area is 158 Å². The number of aromatic amines is 1. The Bertz CT molecular complexity index is 957. The lowest BCUT2D eigenvalue weighted by Crippen LogP contribution is -2.39. The summed E-state index contributed by atoms with van der Waals surface area (Å²) in [6, 6.07) is 0. The van der Waals surface area contributed by atoms with E-state index in [2.05, 4.69) is 15.0 Å². The molecular weight excluding hydrogens is 395 g/mol. The predicted octanol–water partition coefficient (Wildman–Crippen LogP) is -1.83. The summed E-state index contributed by atoms with van der Waals surface area (Å²) in [5, 5.41) is 10.3. The van der Waals surface area contributed by atoms with Gasteiger partial charge in [-0.3, -0.25) is 18.9 Å². The summed E-state index contributed by atoms with van der Waals surface area (Å²) in [5.41, 5.74) is 5.38. The number of aliphatic hydroxyl groups excluding tert-OH is 1. The first kappa shape index (κ1) is 19.5. The number of aliphatic hydroxyl groups is 1. The second-order valence-corrected chi connectivity index (χ2v) is 8.30. The molecule has 28 heavy (non-hydrogen) atoms. The lowest BCUT2D eigenvalue weighted by Gasteiger charge is -2.37. The number of ether oxygens (including phenoxy) is 2. The number of morpholine rings is 1. The van der Waals surface area contributed by atoms with Crippen LogP contribution in [-0.2, 0) is 18.6 Å². The van der Waals surface area contributed by atoms with Crippen LogP contribution in [0.5, 0.6) is 0 Å². The number of nitrogens with two attached hydrogens (primary N) is 1. The molecule has 0 amide bonds. The highest BCUT2D eigenvalue weighted by Crippen LogP contribution is 2.43. The standard InChI is InChI=1S/C14H21N6O7P/c15-14-17-12-11(13(22)18-14)16-7-20(12)10-5-8(21)9(27-10)6-26-28(23,24)19-1-3-25-4-2-19/h7-10,21H,1-6H2,(H,23,24)(H3,15,17,18,22)/p-1/t8-,9+,10+/m0/s1. The number of nitrogens with zero attached hydrogens (tertiary/aromatic N) is 4. The Morgan fingerprint density at radius 3 is 2.96 bits per heavy atom. The summed E-state index contributed by atoms with van der Waals surface area (Å²) in [6.45, 7) is 0.727. The zero-order valence-electron chi connectivity index (χ0n) is 14.8. The van der Waals surface area contributed by atoms with Crippen molar-refractivity contribution in [1.29, 1.82) is 0 Å². The Kier molecular flexibility index (Phi) is 5.22. The fourth-order valence-corrected chi connectivity index (χ4v) is 4.39. The summed E-state index contributed by atoms with van der Waals surface area (Å²) in [7, 11) is -4.26. The lowest BCUT2D eigenvalue weighted by molar-refractivity contribution is -0.218. The summed E-state index contributed by atoms with van der Waals surface area (Å²) < 4.78 is 30.9. The smallest absolute Gasteiger partial charge is 0.280 e. The van der Waals surface area contributed by atoms with Gasteiger partial charge < -0.3 is 29.7 Å². The van der Waals surface area contributed by atoms with Gasteiger partial charge in [0.2, 0.25) is 13.7 Å². The van der Waals surface area contributed by atoms with Crippen LogP contribution in [0.1, 0.15) is 12.6 Å². The third-order valence-corrected chi connectivity index (χ3v) is 6.27. The van der Waals surface area contributed by atoms with Crippen LogP contribution in [-0.4, -0.2) is 74.4 Å². The van der Waals surface area contributed by atoms with Crippen molar-refractivity contribution in [3.8, 4) is 0 Å². The molecule has 14 heteroatoms. The van der Waals surface area contributed by atoms with Crippen molar-refractivity contribution >= 4 is 24.9 Å². The van der Waals surface area contributed by atoms with E-state index in [1.165, 1.54) is 15.6 Å². The molecule has 154 valence electrons. The molecular formula is C14H20N6O7P-. The minimum Gasteiger partial charge on any atom is -0.766 e. The van der Waals surface area contributed by atoms with Crippen molar-refractivity contribution in [2.45, 2.75) is 24.9 Å². The number of anilines is 1. The SMILES string of the molecule is Nc1nc2c(ncn2[C@H]2C[C@H](O)[C@@H](COP(=O)([O-])N3CCOCC3)O2)c(=O)[nH]1. The van der Waals surface area contributed by atoms with Gasteiger partial charge in [0.05, 0.1) is 32.3 Å². The van der Waals surface area contributed by atoms with Gasteiger partial charge in [-0.2, -0.15) is 4.98 Å². The summed E-state index contributed by atoms with van der Waals surface area (Å²) in [4.78, 5) is 34.5. The monoisotopic (exact) mass is 415 g/mol. The first-order chi connectivity index (χ1) is 13.3. The first-order valence-corrected chi connectivity index (χ1v) is 10.2. The molecule has 2 aliphatic rings. The second kappa shape index (κ2) is 7.52. The number of fused-ring (bicyclic) bond motifs is 1. The number of imidazole rings is 1. The maximum atomic E-state index is 12.3. The van der Waals surface area contributed by atoms with Crippen LogP contribution < -0.4 is 16.2 Å². The van der Waals surface area contributed by atoms with Gasteiger partial charge in [0.1, 0.15) is 12.3 Å². The van der Waals surface area contributed by atoms with Crippen LogP contribution in [0.4, 0.5) is 5.95 Å². The van der Waals surface area contributed by atoms with E-state index in [0.29, 0.717) is 13.2 Å². The van der Waals surface area contributed by atoms with E-state index < -0.39 is 31.7 Å². The van der Waals surface area contributed by atoms with E-state index in [9.17, 15) is 19.4 Å². The Morgan fingerprint density at radius 2 is 2.21 bits per heavy atom. The van der Waals surface area contributed by atoms with Crippen molar-refractivity contribution < 1.29 is 28.6 Å². The molecule has 0 bridgehead atoms. The van der Waals surface area contributed by atoms with Crippen LogP contribution in [0.2, 0.25) is 0 Å². The van der Waals surface area contributed by atoms with Gasteiger partial charge in [0.15, 0.2) is 11.2 Å². The van der Waals surface area contributed by atoms with E-state index in [-0.39, 0.29) is 43.2 Å². The number of hydrogen-bond acceptors (Lipinski definition) is 10. The molecule has 4 atom stereocenters. The minimum absolute atomic E-state index is 0.0736. The normalized spacial score (nSPS) is 28.6. The van der Waals surface area contributed by atoms with Gasteiger partial charge in [0, 0.05) is 19.5 Å². The molecule has 4 rings (SSSR count). The molecule has 2 aliphatic heterocycles. The van der Waals surface area contributed by atoms with Crippen LogP contribution in [0, 0.1) is 0 Å². The van der Waals surface area contributed by atoms with Gasteiger partial charge in [-0.05, 0) is 0 Å². The largest absolute Gasteiger partial charge is 0.766 e. The van der Waals surface area contributed by atoms with Gasteiger partial charge in [-0.1, -0.05) is 0 Å². The van der Waals surface area contributed by atoms with Crippen molar-refractivity contribution in [2.75, 3.05) is 38.6 Å². The van der Waals surface area contributed by atoms with Gasteiger partial charge >= 0.3 is 0 Å². The molecule has 13 nitrogen and oxygen atoms in total. The van der Waals surface area contributed by atoms with E-state index in [1.807, 2.05) is 0 Å². The number of aromatic nitrogens is 4. The third kappa shape index (κ3) is 3.70. The summed E-state index contributed by atoms with van der Waals surface area (Å²) in [6.07, 6.45) is -1.03. The average molecular weight is 415 g/mol. The number of hydrogen-bond donors (Lipinski definition) is 3. The average Bonchev–Trinajstić information content (AvgIpc) is 3.24. The van der Waals surface area contributed by atoms with Crippen LogP contribution >= 0.6 is 7.75 Å². The number of rotatable bonds is 5. The molecule has 2 aromatic rings. The Hall–Kier alpha value is -1.86. The molecule has 0 saturated carbocycles. The molecule has 2 saturated heterocycles. The van der Waals surface area contributed by atoms with E-state index in [4.69, 9.17) is 19.7 Å². The Morgan fingerprint density at radius 1 is 1.46 bits per heavy atom. The molecule has 0 spiro atoms. The molecule has 2 aromatic heterocycles. The number of nitrogen functional groups attached to an aromatic ring is 1. The lowest BCUT2D eigenvalue weighted by atomic mass is 10.2. The fourth-order valence-electron chi connectivity index (χ4n) is 3.24. The van der Waals surface area contributed by atoms with Crippen molar-refractivity contribution in [2.24, 2.45) is 0 Å². The highest BCUT2D eigenvalue weighted by atomic mass is 31.2. The first-order valence-electron chi connectivity index (χ1n) is 8.70. The van der Waals surface area contributed by atoms with Gasteiger partial charge in [0.25, 0.3) is 5.56 Å². The predicted molar refractivity (Wildman–Crippen MR) is 93.0 cm³/mol. The minimum atomic E-state index is -4.26. The second-order valence-electron chi connectivity index (χ2n) is 6.54. The van der Waals surface area contributed by atoms with E-state index in [0.717, 1.165) is 0 Å². The highest BCUT2D eigenvalue weighted by molar-refractivity contribution is 7.48. The van der Waals surface area contributed by atoms with Gasteiger partial charge in [-0.15, -0.1) is 0 Å². The number of H-pyrrole nitrogens is 1. The van der Waals surface area contributed by atoms with Crippen molar-refractivity contribution in [3.05, 3.63) is 16.7 Å². The summed E-state index contributed by atoms with van der Waals surface area (Å²) >= 11 is 0. The third-order valence-electron chi connectivity index (χ3n) is 4.70. The van der Waals surface area contributed by atoms with Crippen molar-refractivity contribution in [3.63, 3.8) is 0 Å². The zero-order chi connectivity index (χ0) is 19.9. The van der Waals surface area contributed by atoms with Crippen LogP contribution in [0.3, 0.4) is 0 Å². The highest BCUT2D eigenvalue weighted by Gasteiger charge is 2.37. The fraction of sp³-hybridized carbons (Fsp3) is 0.643. The Balaban J connectivity index is 1.45. The molecule has 0 aromatic carbocycles. The maximum absolute atomic E-state index is 12.3. The zero-order valence-corrected chi connectivity index (χ0v) is 15.7. The molecule has 2 fully saturated rings. The number of nitrogens with one attached hydrogen (secondary N) is 1. The van der Waals surface area contributed by atoms with Gasteiger partial charge in [-0.25, -0.2) is 9.65 Å². The molecule has 0 aliphatic carbocycles. The summed E-state index contributed by atoms with van der Waals surface area (Å²) in [5.74, 6) is -0.0736. The van der Waals surface area contributed by atoms with Crippen molar-refractivity contribution in [1.82, 2.24) is 24.2 Å². The molecule has 1 unspecified atom stereocenters. The topological polar surface area (TPSA) is 181 Å². The van der Waals surface area contributed by atoms with E-state index in [1.54, 1.807) is 0 Å². The molecule has 4 heterocycles. The molecule has 4 N–H and O–H groups in total. The maximum Gasteiger partial charge on any atom is 0.280 e. The van der Waals surface area contributed by atoms with Crippen LogP contribution in [0.15, 0.2) is 11.1 Å². The molecule has 0 radical (unpaired) electrons.